The van der Waals surface area contributed by atoms with Gasteiger partial charge in [-0.2, -0.15) is 0 Å². The second-order valence-electron chi connectivity index (χ2n) is 6.09. The first-order valence-electron chi connectivity index (χ1n) is 8.42. The molecule has 2 N–H and O–H groups in total. The SMILES string of the molecule is O=C1NC(=S)N(c2ccc(F)cc2)C(=O)[C@@H]1C=NCC[NH+]1CCOCC1. The van der Waals surface area contributed by atoms with Gasteiger partial charge in [0, 0.05) is 6.21 Å². The van der Waals surface area contributed by atoms with Crippen LogP contribution < -0.4 is 15.1 Å². The Morgan fingerprint density at radius 2 is 2.00 bits per heavy atom. The summed E-state index contributed by atoms with van der Waals surface area (Å²) in [4.78, 5) is 31.7. The maximum Gasteiger partial charge on any atom is 0.251 e. The molecule has 0 radical (unpaired) electrons. The lowest BCUT2D eigenvalue weighted by Crippen LogP contribution is -3.14. The fourth-order valence-corrected chi connectivity index (χ4v) is 3.17. The van der Waals surface area contributed by atoms with Crippen molar-refractivity contribution in [1.82, 2.24) is 5.32 Å². The zero-order valence-electron chi connectivity index (χ0n) is 14.1. The van der Waals surface area contributed by atoms with Crippen LogP contribution in [0.25, 0.3) is 0 Å². The fourth-order valence-electron chi connectivity index (χ4n) is 2.87. The highest BCUT2D eigenvalue weighted by atomic mass is 32.1. The Balaban J connectivity index is 1.65. The van der Waals surface area contributed by atoms with Gasteiger partial charge in [0.1, 0.15) is 18.9 Å². The smallest absolute Gasteiger partial charge is 0.251 e. The summed E-state index contributed by atoms with van der Waals surface area (Å²) in [5.74, 6) is -2.46. The minimum Gasteiger partial charge on any atom is -0.370 e. The van der Waals surface area contributed by atoms with Crippen molar-refractivity contribution in [3.63, 3.8) is 0 Å². The highest BCUT2D eigenvalue weighted by molar-refractivity contribution is 7.80. The van der Waals surface area contributed by atoms with Crippen molar-refractivity contribution in [3.05, 3.63) is 30.1 Å². The summed E-state index contributed by atoms with van der Waals surface area (Å²) in [6.07, 6.45) is 1.37. The van der Waals surface area contributed by atoms with Crippen molar-refractivity contribution >= 4 is 41.0 Å². The summed E-state index contributed by atoms with van der Waals surface area (Å²) in [7, 11) is 0. The molecule has 138 valence electrons. The number of carbonyl (C=O) groups excluding carboxylic acids is 2. The normalized spacial score (nSPS) is 22.1. The van der Waals surface area contributed by atoms with Gasteiger partial charge in [-0.15, -0.1) is 0 Å². The van der Waals surface area contributed by atoms with Crippen molar-refractivity contribution in [2.24, 2.45) is 10.9 Å². The number of ether oxygens (including phenoxy) is 1. The number of hydrogen-bond acceptors (Lipinski definition) is 5. The molecule has 0 bridgehead atoms. The molecule has 0 unspecified atom stereocenters. The van der Waals surface area contributed by atoms with Crippen LogP contribution in [0.3, 0.4) is 0 Å². The van der Waals surface area contributed by atoms with Crippen LogP contribution in [0.4, 0.5) is 10.1 Å². The average molecular weight is 379 g/mol. The molecule has 3 rings (SSSR count). The van der Waals surface area contributed by atoms with E-state index in [9.17, 15) is 14.0 Å². The number of amides is 2. The zero-order valence-corrected chi connectivity index (χ0v) is 14.9. The summed E-state index contributed by atoms with van der Waals surface area (Å²) in [6.45, 7) is 4.70. The second-order valence-corrected chi connectivity index (χ2v) is 6.48. The number of halogens is 1. The number of anilines is 1. The molecule has 2 amide bonds. The molecule has 2 aliphatic heterocycles. The van der Waals surface area contributed by atoms with E-state index in [0.29, 0.717) is 12.2 Å². The standard InChI is InChI=1S/C17H19FN4O3S/c18-12-1-3-13(4-2-12)22-16(24)14(15(23)20-17(22)26)11-19-5-6-21-7-9-25-10-8-21/h1-4,11,14H,5-10H2,(H,20,23,26)/p+1/t14-/m1/s1. The number of rotatable bonds is 5. The number of quaternary nitrogens is 1. The van der Waals surface area contributed by atoms with Crippen LogP contribution in [0.2, 0.25) is 0 Å². The number of aliphatic imine (C=N–C) groups is 1. The largest absolute Gasteiger partial charge is 0.370 e. The monoisotopic (exact) mass is 379 g/mol. The summed E-state index contributed by atoms with van der Waals surface area (Å²) < 4.78 is 18.4. The third-order valence-electron chi connectivity index (χ3n) is 4.34. The molecule has 7 nitrogen and oxygen atoms in total. The second kappa shape index (κ2) is 8.43. The maximum atomic E-state index is 13.1. The van der Waals surface area contributed by atoms with Gasteiger partial charge in [-0.3, -0.25) is 19.5 Å². The van der Waals surface area contributed by atoms with Gasteiger partial charge in [-0.1, -0.05) is 0 Å². The summed E-state index contributed by atoms with van der Waals surface area (Å²) >= 11 is 5.09. The number of thiocarbonyl (C=S) groups is 1. The first-order chi connectivity index (χ1) is 12.6. The van der Waals surface area contributed by atoms with Crippen LogP contribution in [0.1, 0.15) is 0 Å². The number of morpholine rings is 1. The summed E-state index contributed by atoms with van der Waals surface area (Å²) in [5.41, 5.74) is 0.401. The van der Waals surface area contributed by atoms with E-state index < -0.39 is 23.5 Å². The molecule has 2 aliphatic rings. The number of hydrogen-bond donors (Lipinski definition) is 2. The van der Waals surface area contributed by atoms with Gasteiger partial charge in [0.15, 0.2) is 11.0 Å². The van der Waals surface area contributed by atoms with E-state index in [-0.39, 0.29) is 5.11 Å². The third-order valence-corrected chi connectivity index (χ3v) is 4.62. The quantitative estimate of drug-likeness (QED) is 0.398. The van der Waals surface area contributed by atoms with Crippen molar-refractivity contribution in [2.45, 2.75) is 0 Å². The van der Waals surface area contributed by atoms with Crippen LogP contribution in [0.15, 0.2) is 29.3 Å². The van der Waals surface area contributed by atoms with Gasteiger partial charge in [-0.25, -0.2) is 4.39 Å². The van der Waals surface area contributed by atoms with E-state index in [1.54, 1.807) is 0 Å². The van der Waals surface area contributed by atoms with Crippen molar-refractivity contribution in [2.75, 3.05) is 44.3 Å². The average Bonchev–Trinajstić information content (AvgIpc) is 2.63. The molecule has 0 saturated carbocycles. The molecule has 2 heterocycles. The highest BCUT2D eigenvalue weighted by Gasteiger charge is 2.38. The minimum absolute atomic E-state index is 0.0194. The van der Waals surface area contributed by atoms with Gasteiger partial charge in [0.2, 0.25) is 5.91 Å². The van der Waals surface area contributed by atoms with E-state index >= 15 is 0 Å². The Morgan fingerprint density at radius 1 is 1.31 bits per heavy atom. The Hall–Kier alpha value is -2.23. The van der Waals surface area contributed by atoms with Crippen LogP contribution in [0, 0.1) is 11.7 Å². The summed E-state index contributed by atoms with van der Waals surface area (Å²) in [5, 5.41) is 2.48. The topological polar surface area (TPSA) is 75.4 Å². The van der Waals surface area contributed by atoms with Crippen molar-refractivity contribution in [3.8, 4) is 0 Å². The number of benzene rings is 1. The van der Waals surface area contributed by atoms with Gasteiger partial charge < -0.3 is 15.0 Å². The predicted octanol–water partition coefficient (Wildman–Crippen LogP) is -0.824. The Bertz CT molecular complexity index is 719. The molecular weight excluding hydrogens is 359 g/mol. The van der Waals surface area contributed by atoms with Crippen molar-refractivity contribution in [1.29, 1.82) is 0 Å². The van der Waals surface area contributed by atoms with Crippen LogP contribution in [-0.2, 0) is 14.3 Å². The van der Waals surface area contributed by atoms with Gasteiger partial charge >= 0.3 is 0 Å². The van der Waals surface area contributed by atoms with Gasteiger partial charge in [0.25, 0.3) is 5.91 Å². The van der Waals surface area contributed by atoms with Crippen LogP contribution in [0.5, 0.6) is 0 Å². The van der Waals surface area contributed by atoms with Crippen molar-refractivity contribution < 1.29 is 23.6 Å². The molecule has 0 aromatic heterocycles. The number of nitrogens with zero attached hydrogens (tertiary/aromatic N) is 2. The van der Waals surface area contributed by atoms with Gasteiger partial charge in [0.05, 0.1) is 32.0 Å². The molecule has 1 aromatic rings. The van der Waals surface area contributed by atoms with E-state index in [2.05, 4.69) is 10.3 Å². The lowest BCUT2D eigenvalue weighted by Gasteiger charge is -2.30. The van der Waals surface area contributed by atoms with E-state index in [1.807, 2.05) is 0 Å². The molecule has 26 heavy (non-hydrogen) atoms. The first-order valence-corrected chi connectivity index (χ1v) is 8.82. The van der Waals surface area contributed by atoms with E-state index in [4.69, 9.17) is 17.0 Å². The highest BCUT2D eigenvalue weighted by Crippen LogP contribution is 2.20. The van der Waals surface area contributed by atoms with Crippen LogP contribution in [-0.4, -0.2) is 62.5 Å². The minimum atomic E-state index is -1.05. The fraction of sp³-hybridized carbons (Fsp3) is 0.412. The Kier molecular flexibility index (Phi) is 6.02. The van der Waals surface area contributed by atoms with Crippen LogP contribution >= 0.6 is 12.2 Å². The molecule has 1 atom stereocenters. The molecular formula is C17H20FN4O3S+. The van der Waals surface area contributed by atoms with E-state index in [0.717, 1.165) is 32.8 Å². The Morgan fingerprint density at radius 3 is 2.69 bits per heavy atom. The first kappa shape index (κ1) is 18.6. The summed E-state index contributed by atoms with van der Waals surface area (Å²) in [6, 6.07) is 5.34. The van der Waals surface area contributed by atoms with Gasteiger partial charge in [-0.05, 0) is 36.5 Å². The molecule has 2 saturated heterocycles. The van der Waals surface area contributed by atoms with E-state index in [1.165, 1.54) is 40.3 Å². The molecule has 0 aliphatic carbocycles. The zero-order chi connectivity index (χ0) is 18.5. The molecule has 2 fully saturated rings. The number of nitrogens with one attached hydrogen (secondary N) is 2. The molecule has 1 aromatic carbocycles. The lowest BCUT2D eigenvalue weighted by molar-refractivity contribution is -0.906. The molecule has 0 spiro atoms. The lowest BCUT2D eigenvalue weighted by atomic mass is 10.1. The third kappa shape index (κ3) is 4.29. The Labute approximate surface area is 155 Å². The maximum absolute atomic E-state index is 13.1. The number of carbonyl (C=O) groups is 2. The molecule has 9 heteroatoms. The predicted molar refractivity (Wildman–Crippen MR) is 97.9 cm³/mol.